The number of ether oxygens (including phenoxy) is 2. The summed E-state index contributed by atoms with van der Waals surface area (Å²) in [6.07, 6.45) is 0.00599. The lowest BCUT2D eigenvalue weighted by Gasteiger charge is -2.15. The van der Waals surface area contributed by atoms with Crippen LogP contribution in [0.15, 0.2) is 78.9 Å². The maximum atomic E-state index is 12.4. The Balaban J connectivity index is 1.51. The monoisotopic (exact) mass is 406 g/mol. The second-order valence-electron chi connectivity index (χ2n) is 6.61. The van der Waals surface area contributed by atoms with Gasteiger partial charge in [-0.05, 0) is 36.8 Å². The number of nitro benzene ring substituents is 1. The van der Waals surface area contributed by atoms with Crippen molar-refractivity contribution in [3.63, 3.8) is 0 Å². The molecule has 154 valence electrons. The van der Waals surface area contributed by atoms with Crippen molar-refractivity contribution in [2.24, 2.45) is 0 Å². The Labute approximate surface area is 174 Å². The molecule has 7 heteroatoms. The fourth-order valence-electron chi connectivity index (χ4n) is 2.74. The molecular weight excluding hydrogens is 384 g/mol. The number of benzene rings is 3. The van der Waals surface area contributed by atoms with Crippen LogP contribution in [0.25, 0.3) is 0 Å². The largest absolute Gasteiger partial charge is 0.493 e. The van der Waals surface area contributed by atoms with Gasteiger partial charge in [-0.15, -0.1) is 0 Å². The highest BCUT2D eigenvalue weighted by atomic mass is 16.6. The zero-order valence-electron chi connectivity index (χ0n) is 16.5. The average molecular weight is 406 g/mol. The van der Waals surface area contributed by atoms with Crippen molar-refractivity contribution < 1.29 is 19.2 Å². The molecule has 3 aromatic rings. The van der Waals surface area contributed by atoms with E-state index in [4.69, 9.17) is 9.47 Å². The molecule has 0 aliphatic carbocycles. The van der Waals surface area contributed by atoms with Crippen LogP contribution < -0.4 is 14.8 Å². The molecule has 1 amide bonds. The van der Waals surface area contributed by atoms with E-state index >= 15 is 0 Å². The van der Waals surface area contributed by atoms with E-state index < -0.39 is 11.0 Å². The molecule has 0 bridgehead atoms. The number of nitrogens with one attached hydrogen (secondary N) is 1. The normalized spacial score (nSPS) is 11.4. The highest BCUT2D eigenvalue weighted by Gasteiger charge is 2.16. The Kier molecular flexibility index (Phi) is 7.00. The Hall–Kier alpha value is -3.87. The van der Waals surface area contributed by atoms with E-state index in [0.717, 1.165) is 6.42 Å². The number of hydrogen-bond donors (Lipinski definition) is 1. The van der Waals surface area contributed by atoms with Gasteiger partial charge in [0, 0.05) is 30.3 Å². The first-order chi connectivity index (χ1) is 14.5. The van der Waals surface area contributed by atoms with Crippen molar-refractivity contribution in [3.8, 4) is 11.5 Å². The molecule has 3 rings (SSSR count). The van der Waals surface area contributed by atoms with Crippen molar-refractivity contribution in [1.29, 1.82) is 0 Å². The topological polar surface area (TPSA) is 90.7 Å². The van der Waals surface area contributed by atoms with Crippen LogP contribution in [0.5, 0.6) is 11.5 Å². The molecule has 0 heterocycles. The molecule has 0 fully saturated rings. The van der Waals surface area contributed by atoms with Crippen molar-refractivity contribution in [3.05, 3.63) is 94.5 Å². The summed E-state index contributed by atoms with van der Waals surface area (Å²) >= 11 is 0. The number of amides is 1. The fraction of sp³-hybridized carbons (Fsp3) is 0.174. The Morgan fingerprint density at radius 1 is 1.00 bits per heavy atom. The van der Waals surface area contributed by atoms with Gasteiger partial charge in [-0.2, -0.15) is 0 Å². The third kappa shape index (κ3) is 6.07. The fourth-order valence-corrected chi connectivity index (χ4v) is 2.74. The first-order valence-electron chi connectivity index (χ1n) is 9.50. The molecular formula is C23H22N2O5. The summed E-state index contributed by atoms with van der Waals surface area (Å²) < 4.78 is 11.3. The summed E-state index contributed by atoms with van der Waals surface area (Å²) in [4.78, 5) is 22.6. The van der Waals surface area contributed by atoms with Crippen LogP contribution in [-0.2, 0) is 11.2 Å². The summed E-state index contributed by atoms with van der Waals surface area (Å²) in [7, 11) is 0. The van der Waals surface area contributed by atoms with Crippen LogP contribution in [0, 0.1) is 10.1 Å². The average Bonchev–Trinajstić information content (AvgIpc) is 2.75. The van der Waals surface area contributed by atoms with Gasteiger partial charge in [-0.3, -0.25) is 14.9 Å². The predicted molar refractivity (Wildman–Crippen MR) is 114 cm³/mol. The van der Waals surface area contributed by atoms with E-state index in [9.17, 15) is 14.9 Å². The maximum Gasteiger partial charge on any atom is 0.269 e. The van der Waals surface area contributed by atoms with Crippen LogP contribution in [0.4, 0.5) is 11.4 Å². The Bertz CT molecular complexity index is 990. The number of non-ortho nitro benzene ring substituents is 1. The minimum Gasteiger partial charge on any atom is -0.493 e. The number of nitrogens with zero attached hydrogens (tertiary/aromatic N) is 1. The van der Waals surface area contributed by atoms with E-state index in [1.165, 1.54) is 29.8 Å². The van der Waals surface area contributed by atoms with E-state index in [2.05, 4.69) is 5.32 Å². The van der Waals surface area contributed by atoms with Crippen LogP contribution in [0.2, 0.25) is 0 Å². The predicted octanol–water partition coefficient (Wildman–Crippen LogP) is 4.62. The summed E-state index contributed by atoms with van der Waals surface area (Å²) in [5, 5.41) is 13.5. The van der Waals surface area contributed by atoms with Crippen molar-refractivity contribution in [2.75, 3.05) is 11.9 Å². The minimum absolute atomic E-state index is 0.0384. The minimum atomic E-state index is -0.783. The molecule has 0 aromatic heterocycles. The van der Waals surface area contributed by atoms with Crippen LogP contribution >= 0.6 is 0 Å². The first-order valence-corrected chi connectivity index (χ1v) is 9.50. The number of nitro groups is 1. The summed E-state index contributed by atoms with van der Waals surface area (Å²) in [5.74, 6) is 0.698. The van der Waals surface area contributed by atoms with Gasteiger partial charge in [0.2, 0.25) is 0 Å². The number of carbonyl (C=O) groups is 1. The standard InChI is InChI=1S/C23H22N2O5/c1-17(30-21-12-10-20(11-13-21)25(27)28)23(26)24-19-8-5-9-22(16-19)29-15-14-18-6-3-2-4-7-18/h2-13,16-17H,14-15H2,1H3,(H,24,26). The van der Waals surface area contributed by atoms with Gasteiger partial charge >= 0.3 is 0 Å². The number of rotatable bonds is 9. The van der Waals surface area contributed by atoms with Crippen LogP contribution in [0.1, 0.15) is 12.5 Å². The maximum absolute atomic E-state index is 12.4. The lowest BCUT2D eigenvalue weighted by Crippen LogP contribution is -2.30. The van der Waals surface area contributed by atoms with Gasteiger partial charge in [0.1, 0.15) is 11.5 Å². The second-order valence-corrected chi connectivity index (χ2v) is 6.61. The molecule has 3 aromatic carbocycles. The van der Waals surface area contributed by atoms with Gasteiger partial charge in [-0.1, -0.05) is 36.4 Å². The third-order valence-corrected chi connectivity index (χ3v) is 4.33. The number of anilines is 1. The van der Waals surface area contributed by atoms with E-state index in [1.807, 2.05) is 36.4 Å². The molecule has 1 unspecified atom stereocenters. The lowest BCUT2D eigenvalue weighted by atomic mass is 10.2. The lowest BCUT2D eigenvalue weighted by molar-refractivity contribution is -0.384. The molecule has 30 heavy (non-hydrogen) atoms. The molecule has 1 N–H and O–H groups in total. The molecule has 7 nitrogen and oxygen atoms in total. The highest BCUT2D eigenvalue weighted by molar-refractivity contribution is 5.94. The van der Waals surface area contributed by atoms with Gasteiger partial charge in [0.15, 0.2) is 6.10 Å². The molecule has 0 spiro atoms. The highest BCUT2D eigenvalue weighted by Crippen LogP contribution is 2.20. The molecule has 0 aliphatic heterocycles. The summed E-state index contributed by atoms with van der Waals surface area (Å²) in [6.45, 7) is 2.14. The molecule has 0 saturated carbocycles. The smallest absolute Gasteiger partial charge is 0.269 e. The van der Waals surface area contributed by atoms with Crippen LogP contribution in [0.3, 0.4) is 0 Å². The molecule has 0 saturated heterocycles. The van der Waals surface area contributed by atoms with Gasteiger partial charge in [-0.25, -0.2) is 0 Å². The SMILES string of the molecule is CC(Oc1ccc([N+](=O)[O-])cc1)C(=O)Nc1cccc(OCCc2ccccc2)c1. The number of carbonyl (C=O) groups excluding carboxylic acids is 1. The second kappa shape index (κ2) is 10.1. The quantitative estimate of drug-likeness (QED) is 0.413. The van der Waals surface area contributed by atoms with E-state index in [-0.39, 0.29) is 11.6 Å². The van der Waals surface area contributed by atoms with Crippen molar-refractivity contribution in [1.82, 2.24) is 0 Å². The van der Waals surface area contributed by atoms with Crippen LogP contribution in [-0.4, -0.2) is 23.5 Å². The third-order valence-electron chi connectivity index (χ3n) is 4.33. The van der Waals surface area contributed by atoms with Gasteiger partial charge in [0.05, 0.1) is 11.5 Å². The van der Waals surface area contributed by atoms with Crippen molar-refractivity contribution in [2.45, 2.75) is 19.4 Å². The Morgan fingerprint density at radius 2 is 1.73 bits per heavy atom. The van der Waals surface area contributed by atoms with Crippen molar-refractivity contribution >= 4 is 17.3 Å². The van der Waals surface area contributed by atoms with E-state index in [0.29, 0.717) is 23.8 Å². The van der Waals surface area contributed by atoms with Gasteiger partial charge < -0.3 is 14.8 Å². The first kappa shape index (κ1) is 20.9. The molecule has 1 atom stereocenters. The van der Waals surface area contributed by atoms with Gasteiger partial charge in [0.25, 0.3) is 11.6 Å². The summed E-state index contributed by atoms with van der Waals surface area (Å²) in [5.41, 5.74) is 1.75. The zero-order chi connectivity index (χ0) is 21.3. The summed E-state index contributed by atoms with van der Waals surface area (Å²) in [6, 6.07) is 22.8. The Morgan fingerprint density at radius 3 is 2.43 bits per heavy atom. The molecule has 0 aliphatic rings. The number of hydrogen-bond acceptors (Lipinski definition) is 5. The zero-order valence-corrected chi connectivity index (χ0v) is 16.5. The van der Waals surface area contributed by atoms with E-state index in [1.54, 1.807) is 25.1 Å². The molecule has 0 radical (unpaired) electrons.